The van der Waals surface area contributed by atoms with Crippen LogP contribution in [0.1, 0.15) is 53.4 Å². The van der Waals surface area contributed by atoms with E-state index < -0.39 is 5.97 Å². The summed E-state index contributed by atoms with van der Waals surface area (Å²) < 4.78 is 5.67. The van der Waals surface area contributed by atoms with Gasteiger partial charge in [0.05, 0.1) is 23.4 Å². The van der Waals surface area contributed by atoms with Crippen molar-refractivity contribution in [1.82, 2.24) is 5.32 Å². The maximum atomic E-state index is 12.5. The molecule has 3 heterocycles. The summed E-state index contributed by atoms with van der Waals surface area (Å²) in [5.41, 5.74) is 0.942. The molecular formula is C19H23ClN2O3S2. The van der Waals surface area contributed by atoms with Crippen molar-refractivity contribution in [3.8, 4) is 0 Å². The predicted molar refractivity (Wildman–Crippen MR) is 111 cm³/mol. The standard InChI is InChI=1S/C19H23ClN2O3S2/c1-18(2)9-11-14(17(24)25-5)16(27-15(11)19(3,4)22-18)21-13(23)8-10-6-7-12(20)26-10/h6-7,22H,8-9H2,1-5H3,(H,21,23). The molecule has 0 aliphatic carbocycles. The first kappa shape index (κ1) is 20.3. The number of amides is 1. The number of methoxy groups -OCH3 is 1. The van der Waals surface area contributed by atoms with Crippen LogP contribution in [0.3, 0.4) is 0 Å². The molecule has 5 nitrogen and oxygen atoms in total. The van der Waals surface area contributed by atoms with Crippen molar-refractivity contribution in [1.29, 1.82) is 0 Å². The molecule has 27 heavy (non-hydrogen) atoms. The van der Waals surface area contributed by atoms with Crippen molar-refractivity contribution >= 4 is 51.2 Å². The number of hydrogen-bond acceptors (Lipinski definition) is 6. The van der Waals surface area contributed by atoms with Gasteiger partial charge in [-0.2, -0.15) is 0 Å². The van der Waals surface area contributed by atoms with E-state index in [1.54, 1.807) is 6.07 Å². The fourth-order valence-corrected chi connectivity index (χ4v) is 6.08. The molecule has 0 bridgehead atoms. The summed E-state index contributed by atoms with van der Waals surface area (Å²) in [6.07, 6.45) is 0.900. The highest BCUT2D eigenvalue weighted by Gasteiger charge is 2.42. The first-order valence-corrected chi connectivity index (χ1v) is 10.6. The zero-order valence-electron chi connectivity index (χ0n) is 16.0. The number of hydrogen-bond donors (Lipinski definition) is 2. The van der Waals surface area contributed by atoms with Gasteiger partial charge in [-0.05, 0) is 51.8 Å². The van der Waals surface area contributed by atoms with Crippen LogP contribution < -0.4 is 10.6 Å². The Morgan fingerprint density at radius 1 is 1.26 bits per heavy atom. The second-order valence-electron chi connectivity index (χ2n) is 7.85. The molecule has 2 aromatic heterocycles. The molecule has 0 saturated carbocycles. The molecule has 1 aliphatic rings. The van der Waals surface area contributed by atoms with Gasteiger partial charge in [0, 0.05) is 20.8 Å². The summed E-state index contributed by atoms with van der Waals surface area (Å²) in [4.78, 5) is 27.0. The minimum Gasteiger partial charge on any atom is -0.465 e. The summed E-state index contributed by atoms with van der Waals surface area (Å²) in [6, 6.07) is 3.61. The van der Waals surface area contributed by atoms with Crippen LogP contribution in [0.4, 0.5) is 5.00 Å². The highest BCUT2D eigenvalue weighted by Crippen LogP contribution is 2.45. The van der Waals surface area contributed by atoms with Gasteiger partial charge in [0.15, 0.2) is 0 Å². The third-order valence-electron chi connectivity index (χ3n) is 4.45. The van der Waals surface area contributed by atoms with Crippen molar-refractivity contribution < 1.29 is 14.3 Å². The largest absolute Gasteiger partial charge is 0.465 e. The molecule has 8 heteroatoms. The molecule has 1 aliphatic heterocycles. The average molecular weight is 427 g/mol. The van der Waals surface area contributed by atoms with E-state index in [2.05, 4.69) is 38.3 Å². The summed E-state index contributed by atoms with van der Waals surface area (Å²) >= 11 is 8.75. The maximum absolute atomic E-state index is 12.5. The highest BCUT2D eigenvalue weighted by atomic mass is 35.5. The monoisotopic (exact) mass is 426 g/mol. The number of ether oxygens (including phenoxy) is 1. The van der Waals surface area contributed by atoms with E-state index in [1.165, 1.54) is 29.8 Å². The van der Waals surface area contributed by atoms with Crippen molar-refractivity contribution in [3.63, 3.8) is 0 Å². The van der Waals surface area contributed by atoms with Gasteiger partial charge in [0.25, 0.3) is 0 Å². The number of carbonyl (C=O) groups excluding carboxylic acids is 2. The topological polar surface area (TPSA) is 67.4 Å². The summed E-state index contributed by atoms with van der Waals surface area (Å²) in [5, 5.41) is 7.08. The van der Waals surface area contributed by atoms with Crippen molar-refractivity contribution in [2.24, 2.45) is 0 Å². The van der Waals surface area contributed by atoms with E-state index in [0.29, 0.717) is 21.3 Å². The molecule has 0 aromatic carbocycles. The molecule has 0 fully saturated rings. The number of carbonyl (C=O) groups is 2. The van der Waals surface area contributed by atoms with Crippen LogP contribution in [0.25, 0.3) is 0 Å². The Labute approximate surface area is 172 Å². The third-order valence-corrected chi connectivity index (χ3v) is 7.15. The van der Waals surface area contributed by atoms with Gasteiger partial charge in [-0.1, -0.05) is 11.6 Å². The Hall–Kier alpha value is -1.41. The van der Waals surface area contributed by atoms with Crippen molar-refractivity contribution in [3.05, 3.63) is 37.4 Å². The molecule has 0 radical (unpaired) electrons. The lowest BCUT2D eigenvalue weighted by Crippen LogP contribution is -2.55. The second kappa shape index (κ2) is 7.20. The molecule has 0 atom stereocenters. The van der Waals surface area contributed by atoms with Gasteiger partial charge in [-0.3, -0.25) is 4.79 Å². The van der Waals surface area contributed by atoms with Crippen LogP contribution in [0.2, 0.25) is 4.34 Å². The molecule has 2 N–H and O–H groups in total. The number of nitrogens with one attached hydrogen (secondary N) is 2. The first-order chi connectivity index (χ1) is 12.5. The van der Waals surface area contributed by atoms with Gasteiger partial charge in [0.2, 0.25) is 5.91 Å². The minimum atomic E-state index is -0.421. The lowest BCUT2D eigenvalue weighted by molar-refractivity contribution is -0.115. The lowest BCUT2D eigenvalue weighted by atomic mass is 9.81. The van der Waals surface area contributed by atoms with Crippen LogP contribution in [-0.4, -0.2) is 24.5 Å². The Morgan fingerprint density at radius 3 is 2.56 bits per heavy atom. The van der Waals surface area contributed by atoms with Crippen LogP contribution in [0, 0.1) is 0 Å². The zero-order valence-corrected chi connectivity index (χ0v) is 18.4. The number of thiophene rings is 2. The molecule has 146 valence electrons. The van der Waals surface area contributed by atoms with E-state index >= 15 is 0 Å². The Balaban J connectivity index is 1.97. The smallest absolute Gasteiger partial charge is 0.341 e. The van der Waals surface area contributed by atoms with Gasteiger partial charge < -0.3 is 15.4 Å². The Morgan fingerprint density at radius 2 is 1.96 bits per heavy atom. The van der Waals surface area contributed by atoms with Gasteiger partial charge in [-0.25, -0.2) is 4.79 Å². The quantitative estimate of drug-likeness (QED) is 0.701. The third kappa shape index (κ3) is 4.21. The molecule has 1 amide bonds. The highest BCUT2D eigenvalue weighted by molar-refractivity contribution is 7.17. The van der Waals surface area contributed by atoms with Crippen molar-refractivity contribution in [2.45, 2.75) is 51.6 Å². The van der Waals surface area contributed by atoms with Crippen LogP contribution in [0.5, 0.6) is 0 Å². The van der Waals surface area contributed by atoms with E-state index in [4.69, 9.17) is 16.3 Å². The molecule has 2 aromatic rings. The van der Waals surface area contributed by atoms with Crippen molar-refractivity contribution in [2.75, 3.05) is 12.4 Å². The normalized spacial score (nSPS) is 17.3. The Bertz CT molecular complexity index is 899. The number of anilines is 1. The minimum absolute atomic E-state index is 0.171. The first-order valence-electron chi connectivity index (χ1n) is 8.60. The SMILES string of the molecule is COC(=O)c1c(NC(=O)Cc2ccc(Cl)s2)sc2c1CC(C)(C)NC2(C)C. The zero-order chi connectivity index (χ0) is 20.0. The number of halogens is 1. The summed E-state index contributed by atoms with van der Waals surface area (Å²) in [6.45, 7) is 8.39. The second-order valence-corrected chi connectivity index (χ2v) is 10.7. The maximum Gasteiger partial charge on any atom is 0.341 e. The summed E-state index contributed by atoms with van der Waals surface area (Å²) in [7, 11) is 1.36. The van der Waals surface area contributed by atoms with Crippen LogP contribution in [-0.2, 0) is 27.9 Å². The molecular weight excluding hydrogens is 404 g/mol. The van der Waals surface area contributed by atoms with E-state index in [-0.39, 0.29) is 23.4 Å². The van der Waals surface area contributed by atoms with Gasteiger partial charge >= 0.3 is 5.97 Å². The van der Waals surface area contributed by atoms with E-state index in [1.807, 2.05) is 6.07 Å². The lowest BCUT2D eigenvalue weighted by Gasteiger charge is -2.42. The molecule has 0 saturated heterocycles. The van der Waals surface area contributed by atoms with Gasteiger partial charge in [-0.15, -0.1) is 22.7 Å². The van der Waals surface area contributed by atoms with Crippen LogP contribution >= 0.6 is 34.3 Å². The molecule has 3 rings (SSSR count). The summed E-state index contributed by atoms with van der Waals surface area (Å²) in [5.74, 6) is -0.599. The predicted octanol–water partition coefficient (Wildman–Crippen LogP) is 4.59. The molecule has 0 spiro atoms. The fourth-order valence-electron chi connectivity index (χ4n) is 3.71. The Kier molecular flexibility index (Phi) is 5.42. The average Bonchev–Trinajstić information content (AvgIpc) is 3.08. The van der Waals surface area contributed by atoms with Crippen LogP contribution in [0.15, 0.2) is 12.1 Å². The van der Waals surface area contributed by atoms with E-state index in [9.17, 15) is 9.59 Å². The van der Waals surface area contributed by atoms with Gasteiger partial charge in [0.1, 0.15) is 5.00 Å². The fraction of sp³-hybridized carbons (Fsp3) is 0.474. The number of esters is 1. The van der Waals surface area contributed by atoms with E-state index in [0.717, 1.165) is 15.3 Å². The molecule has 0 unspecified atom stereocenters. The number of fused-ring (bicyclic) bond motifs is 1. The number of rotatable bonds is 4.